The summed E-state index contributed by atoms with van der Waals surface area (Å²) in [7, 11) is 1.67. The fraction of sp³-hybridized carbons (Fsp3) is 0.364. The van der Waals surface area contributed by atoms with E-state index in [0.717, 1.165) is 53.9 Å². The molecule has 5 nitrogen and oxygen atoms in total. The fourth-order valence-electron chi connectivity index (χ4n) is 4.23. The average Bonchev–Trinajstić information content (AvgIpc) is 3.27. The number of rotatable bonds is 5. The van der Waals surface area contributed by atoms with Crippen molar-refractivity contribution in [2.24, 2.45) is 0 Å². The van der Waals surface area contributed by atoms with Crippen molar-refractivity contribution in [1.82, 2.24) is 14.9 Å². The van der Waals surface area contributed by atoms with Gasteiger partial charge >= 0.3 is 0 Å². The number of aryl methyl sites for hydroxylation is 1. The molecular weight excluding hydrogens is 338 g/mol. The third-order valence-electron chi connectivity index (χ3n) is 5.61. The molecule has 5 heteroatoms. The Kier molecular flexibility index (Phi) is 4.60. The molecule has 0 atom stereocenters. The summed E-state index contributed by atoms with van der Waals surface area (Å²) in [6, 6.07) is 16.0. The molecule has 3 aromatic rings. The van der Waals surface area contributed by atoms with Crippen molar-refractivity contribution in [2.75, 3.05) is 7.11 Å². The number of carbonyl (C=O) groups excluding carboxylic acids is 1. The van der Waals surface area contributed by atoms with Crippen LogP contribution >= 0.6 is 0 Å². The van der Waals surface area contributed by atoms with Crippen molar-refractivity contribution < 1.29 is 9.53 Å². The summed E-state index contributed by atoms with van der Waals surface area (Å²) >= 11 is 0. The second-order valence-electron chi connectivity index (χ2n) is 7.30. The minimum atomic E-state index is -0.310. The molecule has 1 aliphatic rings. The molecule has 1 heterocycles. The molecule has 0 radical (unpaired) electrons. The number of nitrogens with one attached hydrogen (secondary N) is 1. The number of nitrogens with zero attached hydrogens (tertiary/aromatic N) is 2. The van der Waals surface area contributed by atoms with E-state index in [1.807, 2.05) is 54.0 Å². The Morgan fingerprint density at radius 3 is 2.74 bits per heavy atom. The number of para-hydroxylation sites is 2. The maximum atomic E-state index is 13.0. The Morgan fingerprint density at radius 1 is 1.19 bits per heavy atom. The van der Waals surface area contributed by atoms with Gasteiger partial charge in [0.25, 0.3) is 0 Å². The van der Waals surface area contributed by atoms with Crippen molar-refractivity contribution in [2.45, 2.75) is 44.7 Å². The van der Waals surface area contributed by atoms with Gasteiger partial charge in [-0.25, -0.2) is 4.98 Å². The van der Waals surface area contributed by atoms with Gasteiger partial charge in [-0.1, -0.05) is 37.1 Å². The predicted molar refractivity (Wildman–Crippen MR) is 106 cm³/mol. The maximum Gasteiger partial charge on any atom is 0.240 e. The summed E-state index contributed by atoms with van der Waals surface area (Å²) in [5.74, 6) is 1.70. The van der Waals surface area contributed by atoms with Crippen LogP contribution in [0.5, 0.6) is 5.75 Å². The molecule has 0 spiro atoms. The minimum Gasteiger partial charge on any atom is -0.497 e. The van der Waals surface area contributed by atoms with Gasteiger partial charge in [0.2, 0.25) is 5.91 Å². The third kappa shape index (κ3) is 3.29. The van der Waals surface area contributed by atoms with E-state index in [4.69, 9.17) is 4.74 Å². The molecule has 1 saturated carbocycles. The fourth-order valence-corrected chi connectivity index (χ4v) is 4.23. The number of aromatic nitrogens is 2. The third-order valence-corrected chi connectivity index (χ3v) is 5.61. The van der Waals surface area contributed by atoms with Crippen LogP contribution in [0.3, 0.4) is 0 Å². The number of ether oxygens (including phenoxy) is 1. The van der Waals surface area contributed by atoms with Crippen molar-refractivity contribution in [1.29, 1.82) is 0 Å². The van der Waals surface area contributed by atoms with Crippen LogP contribution in [0.2, 0.25) is 0 Å². The SMILES string of the molecule is COc1cccc(C2(NC(=O)Cn3c(C)nc4ccccc43)CCCC2)c1. The number of fused-ring (bicyclic) bond motifs is 1. The van der Waals surface area contributed by atoms with Gasteiger partial charge in [-0.05, 0) is 49.6 Å². The molecule has 27 heavy (non-hydrogen) atoms. The van der Waals surface area contributed by atoms with Gasteiger partial charge in [0.15, 0.2) is 0 Å². The molecule has 1 aromatic heterocycles. The molecule has 0 unspecified atom stereocenters. The van der Waals surface area contributed by atoms with Crippen LogP contribution < -0.4 is 10.1 Å². The van der Waals surface area contributed by atoms with Crippen LogP contribution in [0.4, 0.5) is 0 Å². The quantitative estimate of drug-likeness (QED) is 0.747. The van der Waals surface area contributed by atoms with E-state index in [-0.39, 0.29) is 18.0 Å². The Balaban J connectivity index is 1.60. The Morgan fingerprint density at radius 2 is 1.96 bits per heavy atom. The van der Waals surface area contributed by atoms with Crippen LogP contribution in [0.15, 0.2) is 48.5 Å². The van der Waals surface area contributed by atoms with Crippen molar-refractivity contribution in [3.05, 3.63) is 59.9 Å². The Labute approximate surface area is 159 Å². The van der Waals surface area contributed by atoms with E-state index in [0.29, 0.717) is 0 Å². The molecule has 2 aromatic carbocycles. The van der Waals surface area contributed by atoms with Crippen molar-refractivity contribution >= 4 is 16.9 Å². The molecule has 1 amide bonds. The highest BCUT2D eigenvalue weighted by Crippen LogP contribution is 2.39. The van der Waals surface area contributed by atoms with Crippen LogP contribution in [-0.4, -0.2) is 22.6 Å². The number of hydrogen-bond acceptors (Lipinski definition) is 3. The highest BCUT2D eigenvalue weighted by molar-refractivity contribution is 5.81. The summed E-state index contributed by atoms with van der Waals surface area (Å²) in [5, 5.41) is 3.35. The van der Waals surface area contributed by atoms with Gasteiger partial charge in [-0.15, -0.1) is 0 Å². The lowest BCUT2D eigenvalue weighted by Gasteiger charge is -2.31. The second-order valence-corrected chi connectivity index (χ2v) is 7.30. The summed E-state index contributed by atoms with van der Waals surface area (Å²) in [6.07, 6.45) is 4.14. The maximum absolute atomic E-state index is 13.0. The molecular formula is C22H25N3O2. The van der Waals surface area contributed by atoms with Gasteiger partial charge in [0.05, 0.1) is 23.7 Å². The molecule has 4 rings (SSSR count). The highest BCUT2D eigenvalue weighted by Gasteiger charge is 2.37. The Bertz CT molecular complexity index is 971. The van der Waals surface area contributed by atoms with Crippen molar-refractivity contribution in [3.8, 4) is 5.75 Å². The summed E-state index contributed by atoms with van der Waals surface area (Å²) < 4.78 is 7.37. The number of hydrogen-bond donors (Lipinski definition) is 1. The van der Waals surface area contributed by atoms with Crippen LogP contribution in [0.1, 0.15) is 37.1 Å². The lowest BCUT2D eigenvalue weighted by atomic mass is 9.88. The minimum absolute atomic E-state index is 0.0194. The van der Waals surface area contributed by atoms with Gasteiger partial charge in [-0.2, -0.15) is 0 Å². The highest BCUT2D eigenvalue weighted by atomic mass is 16.5. The lowest BCUT2D eigenvalue weighted by molar-refractivity contribution is -0.123. The van der Waals surface area contributed by atoms with Crippen molar-refractivity contribution in [3.63, 3.8) is 0 Å². The standard InChI is InChI=1S/C22H25N3O2/c1-16-23-19-10-3-4-11-20(19)25(16)15-21(26)24-22(12-5-6-13-22)17-8-7-9-18(14-17)27-2/h3-4,7-11,14H,5-6,12-13,15H2,1-2H3,(H,24,26). The molecule has 0 aliphatic heterocycles. The summed E-state index contributed by atoms with van der Waals surface area (Å²) in [5.41, 5.74) is 2.73. The van der Waals surface area contributed by atoms with Crippen LogP contribution in [0.25, 0.3) is 11.0 Å². The predicted octanol–water partition coefficient (Wildman–Crippen LogP) is 3.94. The van der Waals surface area contributed by atoms with Gasteiger partial charge in [0.1, 0.15) is 18.1 Å². The summed E-state index contributed by atoms with van der Waals surface area (Å²) in [4.78, 5) is 17.6. The molecule has 1 fully saturated rings. The van der Waals surface area contributed by atoms with E-state index in [9.17, 15) is 4.79 Å². The number of methoxy groups -OCH3 is 1. The monoisotopic (exact) mass is 363 g/mol. The average molecular weight is 363 g/mol. The van der Waals surface area contributed by atoms with Crippen LogP contribution in [-0.2, 0) is 16.9 Å². The van der Waals surface area contributed by atoms with E-state index in [2.05, 4.69) is 16.4 Å². The molecule has 1 N–H and O–H groups in total. The van der Waals surface area contributed by atoms with E-state index in [1.54, 1.807) is 7.11 Å². The summed E-state index contributed by atoms with van der Waals surface area (Å²) in [6.45, 7) is 2.22. The van der Waals surface area contributed by atoms with Gasteiger partial charge in [0, 0.05) is 0 Å². The van der Waals surface area contributed by atoms with E-state index < -0.39 is 0 Å². The lowest BCUT2D eigenvalue weighted by Crippen LogP contribution is -2.45. The largest absolute Gasteiger partial charge is 0.497 e. The van der Waals surface area contributed by atoms with Crippen LogP contribution in [0, 0.1) is 6.92 Å². The molecule has 0 saturated heterocycles. The van der Waals surface area contributed by atoms with E-state index in [1.165, 1.54) is 0 Å². The number of imidazole rings is 1. The zero-order chi connectivity index (χ0) is 18.9. The number of carbonyl (C=O) groups is 1. The Hall–Kier alpha value is -2.82. The first-order chi connectivity index (χ1) is 13.1. The van der Waals surface area contributed by atoms with E-state index >= 15 is 0 Å². The number of amides is 1. The molecule has 1 aliphatic carbocycles. The zero-order valence-electron chi connectivity index (χ0n) is 15.9. The number of benzene rings is 2. The van der Waals surface area contributed by atoms with Gasteiger partial charge in [-0.3, -0.25) is 4.79 Å². The second kappa shape index (κ2) is 7.06. The van der Waals surface area contributed by atoms with Gasteiger partial charge < -0.3 is 14.6 Å². The first-order valence-electron chi connectivity index (χ1n) is 9.49. The molecule has 140 valence electrons. The zero-order valence-corrected chi connectivity index (χ0v) is 15.9. The normalized spacial score (nSPS) is 15.8. The molecule has 0 bridgehead atoms. The smallest absolute Gasteiger partial charge is 0.240 e. The topological polar surface area (TPSA) is 56.1 Å². The first-order valence-corrected chi connectivity index (χ1v) is 9.49. The first kappa shape index (κ1) is 17.6.